The summed E-state index contributed by atoms with van der Waals surface area (Å²) < 4.78 is 5.73. The third-order valence-electron chi connectivity index (χ3n) is 4.09. The van der Waals surface area contributed by atoms with Gasteiger partial charge in [0.1, 0.15) is 5.60 Å². The van der Waals surface area contributed by atoms with Gasteiger partial charge in [-0.05, 0) is 20.3 Å². The van der Waals surface area contributed by atoms with Crippen molar-refractivity contribution in [3.05, 3.63) is 11.8 Å². The first-order valence-electron chi connectivity index (χ1n) is 5.95. The monoisotopic (exact) mass is 240 g/mol. The molecule has 1 aliphatic heterocycles. The Balaban J connectivity index is 2.53. The molecule has 0 radical (unpaired) electrons. The third-order valence-corrected chi connectivity index (χ3v) is 4.09. The Morgan fingerprint density at radius 2 is 1.94 bits per heavy atom. The van der Waals surface area contributed by atoms with E-state index in [-0.39, 0.29) is 12.2 Å². The van der Waals surface area contributed by atoms with Crippen LogP contribution in [0.15, 0.2) is 11.8 Å². The Bertz CT molecular complexity index is 374. The summed E-state index contributed by atoms with van der Waals surface area (Å²) in [6.45, 7) is 6.99. The molecule has 0 aromatic rings. The molecule has 1 heterocycles. The summed E-state index contributed by atoms with van der Waals surface area (Å²) in [4.78, 5) is 12.3. The van der Waals surface area contributed by atoms with E-state index < -0.39 is 22.7 Å². The lowest BCUT2D eigenvalue weighted by Gasteiger charge is -2.55. The molecule has 4 nitrogen and oxygen atoms in total. The van der Waals surface area contributed by atoms with E-state index in [9.17, 15) is 15.0 Å². The molecular formula is C13H20O4. The average molecular weight is 240 g/mol. The van der Waals surface area contributed by atoms with Gasteiger partial charge < -0.3 is 14.9 Å². The number of hydrogen-bond acceptors (Lipinski definition) is 4. The highest BCUT2D eigenvalue weighted by molar-refractivity contribution is 6.01. The molecule has 0 aromatic carbocycles. The van der Waals surface area contributed by atoms with E-state index in [4.69, 9.17) is 4.74 Å². The van der Waals surface area contributed by atoms with E-state index in [1.165, 1.54) is 6.08 Å². The first-order chi connectivity index (χ1) is 7.62. The van der Waals surface area contributed by atoms with E-state index in [2.05, 4.69) is 0 Å². The van der Waals surface area contributed by atoms with Gasteiger partial charge in [0.05, 0.1) is 11.9 Å². The molecule has 2 N–H and O–H groups in total. The van der Waals surface area contributed by atoms with Crippen LogP contribution in [0.5, 0.6) is 0 Å². The van der Waals surface area contributed by atoms with Crippen LogP contribution < -0.4 is 0 Å². The standard InChI is InChI=1S/C13H20O4/c1-8-5-10(15)13(17-8)11(2,3)6-9(14)7-12(13,4)16/h5,9,14,16H,6-7H2,1-4H3. The highest BCUT2D eigenvalue weighted by Crippen LogP contribution is 2.54. The van der Waals surface area contributed by atoms with Crippen LogP contribution in [0.4, 0.5) is 0 Å². The summed E-state index contributed by atoms with van der Waals surface area (Å²) in [5, 5.41) is 20.4. The van der Waals surface area contributed by atoms with Gasteiger partial charge >= 0.3 is 0 Å². The van der Waals surface area contributed by atoms with Crippen LogP contribution in [-0.2, 0) is 9.53 Å². The molecule has 3 unspecified atom stereocenters. The predicted octanol–water partition coefficient (Wildman–Crippen LogP) is 1.16. The molecule has 3 atom stereocenters. The molecule has 0 bridgehead atoms. The molecule has 1 spiro atoms. The fraction of sp³-hybridized carbons (Fsp3) is 0.769. The fourth-order valence-electron chi connectivity index (χ4n) is 3.59. The molecular weight excluding hydrogens is 220 g/mol. The molecule has 1 aliphatic carbocycles. The van der Waals surface area contributed by atoms with Crippen LogP contribution in [0, 0.1) is 5.41 Å². The molecule has 1 fully saturated rings. The number of ether oxygens (including phenoxy) is 1. The molecule has 2 aliphatic rings. The van der Waals surface area contributed by atoms with Crippen LogP contribution in [0.3, 0.4) is 0 Å². The molecule has 4 heteroatoms. The maximum absolute atomic E-state index is 12.3. The quantitative estimate of drug-likeness (QED) is 0.667. The minimum Gasteiger partial charge on any atom is -0.480 e. The van der Waals surface area contributed by atoms with E-state index in [0.29, 0.717) is 12.2 Å². The molecule has 0 amide bonds. The zero-order valence-corrected chi connectivity index (χ0v) is 10.8. The van der Waals surface area contributed by atoms with Crippen molar-refractivity contribution in [2.75, 3.05) is 0 Å². The van der Waals surface area contributed by atoms with Crippen LogP contribution in [-0.4, -0.2) is 33.3 Å². The Hall–Kier alpha value is -0.870. The van der Waals surface area contributed by atoms with Gasteiger partial charge in [0, 0.05) is 17.9 Å². The Morgan fingerprint density at radius 3 is 2.35 bits per heavy atom. The number of aliphatic hydroxyl groups excluding tert-OH is 1. The lowest BCUT2D eigenvalue weighted by Crippen LogP contribution is -2.69. The molecule has 1 saturated carbocycles. The normalized spacial score (nSPS) is 44.7. The molecule has 2 rings (SSSR count). The highest BCUT2D eigenvalue weighted by Gasteiger charge is 2.68. The van der Waals surface area contributed by atoms with Gasteiger partial charge in [-0.15, -0.1) is 0 Å². The Labute approximate surface area is 101 Å². The highest BCUT2D eigenvalue weighted by atomic mass is 16.5. The summed E-state index contributed by atoms with van der Waals surface area (Å²) in [7, 11) is 0. The van der Waals surface area contributed by atoms with Gasteiger partial charge in [-0.25, -0.2) is 0 Å². The smallest absolute Gasteiger partial charge is 0.206 e. The largest absolute Gasteiger partial charge is 0.480 e. The van der Waals surface area contributed by atoms with E-state index >= 15 is 0 Å². The lowest BCUT2D eigenvalue weighted by atomic mass is 9.56. The maximum atomic E-state index is 12.3. The SMILES string of the molecule is CC1=CC(=O)C2(O1)C(C)(C)CC(O)CC2(C)O. The number of ketones is 1. The predicted molar refractivity (Wildman–Crippen MR) is 62.2 cm³/mol. The van der Waals surface area contributed by atoms with Crippen molar-refractivity contribution >= 4 is 5.78 Å². The van der Waals surface area contributed by atoms with E-state index in [0.717, 1.165) is 0 Å². The van der Waals surface area contributed by atoms with Crippen LogP contribution >= 0.6 is 0 Å². The molecule has 0 aromatic heterocycles. The second-order valence-corrected chi connectivity index (χ2v) is 6.12. The van der Waals surface area contributed by atoms with Crippen LogP contribution in [0.25, 0.3) is 0 Å². The third kappa shape index (κ3) is 1.47. The molecule has 17 heavy (non-hydrogen) atoms. The summed E-state index contributed by atoms with van der Waals surface area (Å²) >= 11 is 0. The van der Waals surface area contributed by atoms with Gasteiger partial charge in [-0.3, -0.25) is 4.79 Å². The number of allylic oxidation sites excluding steroid dienone is 1. The van der Waals surface area contributed by atoms with Crippen LogP contribution in [0.2, 0.25) is 0 Å². The first-order valence-corrected chi connectivity index (χ1v) is 5.95. The number of carbonyl (C=O) groups excluding carboxylic acids is 1. The van der Waals surface area contributed by atoms with Crippen molar-refractivity contribution in [3.63, 3.8) is 0 Å². The molecule has 96 valence electrons. The van der Waals surface area contributed by atoms with E-state index in [1.54, 1.807) is 13.8 Å². The molecule has 0 saturated heterocycles. The summed E-state index contributed by atoms with van der Waals surface area (Å²) in [6.07, 6.45) is 1.43. The van der Waals surface area contributed by atoms with Gasteiger partial charge in [0.15, 0.2) is 0 Å². The van der Waals surface area contributed by atoms with Crippen molar-refractivity contribution in [3.8, 4) is 0 Å². The van der Waals surface area contributed by atoms with Crippen molar-refractivity contribution in [1.29, 1.82) is 0 Å². The summed E-state index contributed by atoms with van der Waals surface area (Å²) in [6, 6.07) is 0. The minimum atomic E-state index is -1.36. The average Bonchev–Trinajstić information content (AvgIpc) is 2.38. The first kappa shape index (κ1) is 12.6. The number of rotatable bonds is 0. The zero-order valence-electron chi connectivity index (χ0n) is 10.8. The lowest BCUT2D eigenvalue weighted by molar-refractivity contribution is -0.231. The van der Waals surface area contributed by atoms with Crippen molar-refractivity contribution in [2.24, 2.45) is 5.41 Å². The van der Waals surface area contributed by atoms with Gasteiger partial charge in [-0.2, -0.15) is 0 Å². The number of carbonyl (C=O) groups is 1. The van der Waals surface area contributed by atoms with Gasteiger partial charge in [0.2, 0.25) is 11.4 Å². The van der Waals surface area contributed by atoms with E-state index in [1.807, 2.05) is 13.8 Å². The van der Waals surface area contributed by atoms with Gasteiger partial charge in [0.25, 0.3) is 0 Å². The van der Waals surface area contributed by atoms with Crippen molar-refractivity contribution < 1.29 is 19.7 Å². The topological polar surface area (TPSA) is 66.8 Å². The second kappa shape index (κ2) is 3.33. The Kier molecular flexibility index (Phi) is 2.46. The number of hydrogen-bond donors (Lipinski definition) is 2. The van der Waals surface area contributed by atoms with Crippen LogP contribution in [0.1, 0.15) is 40.5 Å². The van der Waals surface area contributed by atoms with Crippen molar-refractivity contribution in [1.82, 2.24) is 0 Å². The summed E-state index contributed by atoms with van der Waals surface area (Å²) in [5.74, 6) is 0.330. The summed E-state index contributed by atoms with van der Waals surface area (Å²) in [5.41, 5.74) is -3.23. The zero-order chi connectivity index (χ0) is 13.1. The minimum absolute atomic E-state index is 0.156. The fourth-order valence-corrected chi connectivity index (χ4v) is 3.59. The van der Waals surface area contributed by atoms with Gasteiger partial charge in [-0.1, -0.05) is 13.8 Å². The Morgan fingerprint density at radius 1 is 1.35 bits per heavy atom. The van der Waals surface area contributed by atoms with Crippen molar-refractivity contribution in [2.45, 2.75) is 57.8 Å². The number of aliphatic hydroxyl groups is 2. The maximum Gasteiger partial charge on any atom is 0.206 e. The second-order valence-electron chi connectivity index (χ2n) is 6.12.